The number of amides is 1. The summed E-state index contributed by atoms with van der Waals surface area (Å²) in [5.41, 5.74) is 1.11. The molecule has 1 fully saturated rings. The van der Waals surface area contributed by atoms with Crippen molar-refractivity contribution in [1.82, 2.24) is 10.2 Å². The first-order valence-corrected chi connectivity index (χ1v) is 7.94. The minimum atomic E-state index is 0.0956. The van der Waals surface area contributed by atoms with E-state index in [-0.39, 0.29) is 5.91 Å². The second-order valence-electron chi connectivity index (χ2n) is 5.60. The van der Waals surface area contributed by atoms with E-state index in [0.29, 0.717) is 6.04 Å². The van der Waals surface area contributed by atoms with E-state index in [1.54, 1.807) is 11.3 Å². The summed E-state index contributed by atoms with van der Waals surface area (Å²) in [4.78, 5) is 15.6. The topological polar surface area (TPSA) is 32.3 Å². The maximum Gasteiger partial charge on any atom is 0.261 e. The van der Waals surface area contributed by atoms with Crippen LogP contribution in [0.1, 0.15) is 28.1 Å². The number of aryl methyl sites for hydroxylation is 1. The van der Waals surface area contributed by atoms with Gasteiger partial charge in [-0.3, -0.25) is 4.79 Å². The first-order chi connectivity index (χ1) is 9.65. The van der Waals surface area contributed by atoms with Crippen LogP contribution in [0.4, 0.5) is 0 Å². The smallest absolute Gasteiger partial charge is 0.261 e. The Hall–Kier alpha value is -1.39. The van der Waals surface area contributed by atoms with Gasteiger partial charge in [-0.2, -0.15) is 0 Å². The lowest BCUT2D eigenvalue weighted by Gasteiger charge is -2.29. The highest BCUT2D eigenvalue weighted by Crippen LogP contribution is 2.30. The third-order valence-electron chi connectivity index (χ3n) is 4.10. The molecule has 0 aliphatic carbocycles. The quantitative estimate of drug-likeness (QED) is 0.921. The second kappa shape index (κ2) is 5.54. The summed E-state index contributed by atoms with van der Waals surface area (Å²) in [7, 11) is 2.13. The van der Waals surface area contributed by atoms with Gasteiger partial charge >= 0.3 is 0 Å². The molecule has 0 unspecified atom stereocenters. The number of hydrogen-bond acceptors (Lipinski definition) is 3. The maximum atomic E-state index is 12.5. The minimum Gasteiger partial charge on any atom is -0.349 e. The summed E-state index contributed by atoms with van der Waals surface area (Å²) in [6.45, 7) is 4.18. The van der Waals surface area contributed by atoms with E-state index in [4.69, 9.17) is 0 Å². The van der Waals surface area contributed by atoms with Crippen molar-refractivity contribution in [3.63, 3.8) is 0 Å². The van der Waals surface area contributed by atoms with Gasteiger partial charge in [-0.25, -0.2) is 0 Å². The summed E-state index contributed by atoms with van der Waals surface area (Å²) < 4.78 is 1.19. The molecular weight excluding hydrogens is 268 g/mol. The fraction of sp³-hybridized carbons (Fsp3) is 0.438. The molecule has 106 valence electrons. The van der Waals surface area contributed by atoms with E-state index in [9.17, 15) is 4.79 Å². The molecule has 0 atom stereocenters. The van der Waals surface area contributed by atoms with E-state index in [2.05, 4.69) is 29.4 Å². The van der Waals surface area contributed by atoms with Crippen molar-refractivity contribution < 1.29 is 4.79 Å². The third-order valence-corrected chi connectivity index (χ3v) is 5.38. The monoisotopic (exact) mass is 288 g/mol. The van der Waals surface area contributed by atoms with Gasteiger partial charge in [0.05, 0.1) is 4.88 Å². The predicted octanol–water partition coefficient (Wildman–Crippen LogP) is 3.03. The molecule has 1 amide bonds. The van der Waals surface area contributed by atoms with Gasteiger partial charge < -0.3 is 10.2 Å². The number of rotatable bonds is 2. The molecule has 0 saturated carbocycles. The molecule has 20 heavy (non-hydrogen) atoms. The number of nitrogens with zero attached hydrogens (tertiary/aromatic N) is 1. The number of carbonyl (C=O) groups is 1. The van der Waals surface area contributed by atoms with Crippen LogP contribution < -0.4 is 5.32 Å². The molecule has 0 bridgehead atoms. The van der Waals surface area contributed by atoms with Crippen LogP contribution in [0, 0.1) is 6.92 Å². The predicted molar refractivity (Wildman–Crippen MR) is 84.5 cm³/mol. The standard InChI is InChI=1S/C16H20N2OS/c1-11-13-5-3-4-6-14(13)20-15(11)16(19)17-12-7-9-18(2)10-8-12/h3-6,12H,7-10H2,1-2H3,(H,17,19). The SMILES string of the molecule is Cc1c(C(=O)NC2CCN(C)CC2)sc2ccccc12. The molecule has 1 N–H and O–H groups in total. The Balaban J connectivity index is 1.77. The van der Waals surface area contributed by atoms with Gasteiger partial charge in [0.25, 0.3) is 5.91 Å². The van der Waals surface area contributed by atoms with Crippen LogP contribution in [0.5, 0.6) is 0 Å². The van der Waals surface area contributed by atoms with Gasteiger partial charge in [0, 0.05) is 10.7 Å². The van der Waals surface area contributed by atoms with Crippen molar-refractivity contribution in [2.45, 2.75) is 25.8 Å². The first kappa shape index (κ1) is 13.6. The second-order valence-corrected chi connectivity index (χ2v) is 6.66. The zero-order valence-corrected chi connectivity index (χ0v) is 12.8. The van der Waals surface area contributed by atoms with Crippen LogP contribution in [0.3, 0.4) is 0 Å². The van der Waals surface area contributed by atoms with Gasteiger partial charge in [0.15, 0.2) is 0 Å². The number of benzene rings is 1. The molecule has 3 nitrogen and oxygen atoms in total. The molecule has 4 heteroatoms. The number of hydrogen-bond donors (Lipinski definition) is 1. The molecule has 2 aromatic rings. The zero-order chi connectivity index (χ0) is 14.1. The van der Waals surface area contributed by atoms with Crippen molar-refractivity contribution >= 4 is 27.3 Å². The summed E-state index contributed by atoms with van der Waals surface area (Å²) in [5, 5.41) is 4.40. The molecule has 0 spiro atoms. The fourth-order valence-corrected chi connectivity index (χ4v) is 3.91. The van der Waals surface area contributed by atoms with Crippen molar-refractivity contribution in [2.75, 3.05) is 20.1 Å². The van der Waals surface area contributed by atoms with E-state index >= 15 is 0 Å². The highest BCUT2D eigenvalue weighted by Gasteiger charge is 2.21. The summed E-state index contributed by atoms with van der Waals surface area (Å²) in [6.07, 6.45) is 2.10. The van der Waals surface area contributed by atoms with E-state index in [1.165, 1.54) is 10.1 Å². The molecular formula is C16H20N2OS. The van der Waals surface area contributed by atoms with Gasteiger partial charge in [0.1, 0.15) is 0 Å². The molecule has 2 heterocycles. The van der Waals surface area contributed by atoms with Crippen LogP contribution >= 0.6 is 11.3 Å². The average Bonchev–Trinajstić information content (AvgIpc) is 2.79. The lowest BCUT2D eigenvalue weighted by atomic mass is 10.1. The van der Waals surface area contributed by atoms with E-state index in [0.717, 1.165) is 36.4 Å². The van der Waals surface area contributed by atoms with E-state index < -0.39 is 0 Å². The third kappa shape index (κ3) is 2.58. The Morgan fingerprint density at radius 1 is 1.30 bits per heavy atom. The summed E-state index contributed by atoms with van der Waals surface area (Å²) in [6, 6.07) is 8.55. The van der Waals surface area contributed by atoms with Crippen LogP contribution in [-0.4, -0.2) is 37.0 Å². The number of piperidine rings is 1. The molecule has 1 aliphatic rings. The number of nitrogens with one attached hydrogen (secondary N) is 1. The van der Waals surface area contributed by atoms with E-state index in [1.807, 2.05) is 19.1 Å². The van der Waals surface area contributed by atoms with Gasteiger partial charge in [-0.05, 0) is 56.9 Å². The number of thiophene rings is 1. The van der Waals surface area contributed by atoms with Crippen LogP contribution in [-0.2, 0) is 0 Å². The Bertz CT molecular complexity index is 626. The first-order valence-electron chi connectivity index (χ1n) is 7.12. The minimum absolute atomic E-state index is 0.0956. The highest BCUT2D eigenvalue weighted by atomic mass is 32.1. The van der Waals surface area contributed by atoms with Crippen molar-refractivity contribution in [3.8, 4) is 0 Å². The molecule has 1 aromatic carbocycles. The molecule has 3 rings (SSSR count). The van der Waals surface area contributed by atoms with Crippen molar-refractivity contribution in [1.29, 1.82) is 0 Å². The van der Waals surface area contributed by atoms with Crippen LogP contribution in [0.15, 0.2) is 24.3 Å². The lowest BCUT2D eigenvalue weighted by Crippen LogP contribution is -2.43. The number of likely N-dealkylation sites (tertiary alicyclic amines) is 1. The summed E-state index contributed by atoms with van der Waals surface area (Å²) in [5.74, 6) is 0.0956. The maximum absolute atomic E-state index is 12.5. The fourth-order valence-electron chi connectivity index (χ4n) is 2.79. The molecule has 1 aromatic heterocycles. The Morgan fingerprint density at radius 3 is 2.70 bits per heavy atom. The lowest BCUT2D eigenvalue weighted by molar-refractivity contribution is 0.0920. The number of fused-ring (bicyclic) bond motifs is 1. The van der Waals surface area contributed by atoms with Gasteiger partial charge in [0.2, 0.25) is 0 Å². The van der Waals surface area contributed by atoms with Crippen LogP contribution in [0.2, 0.25) is 0 Å². The van der Waals surface area contributed by atoms with Crippen LogP contribution in [0.25, 0.3) is 10.1 Å². The molecule has 0 radical (unpaired) electrons. The highest BCUT2D eigenvalue weighted by molar-refractivity contribution is 7.21. The van der Waals surface area contributed by atoms with Crippen molar-refractivity contribution in [2.24, 2.45) is 0 Å². The Morgan fingerprint density at radius 2 is 2.00 bits per heavy atom. The largest absolute Gasteiger partial charge is 0.349 e. The Labute approximate surface area is 123 Å². The molecule has 1 aliphatic heterocycles. The molecule has 1 saturated heterocycles. The normalized spacial score (nSPS) is 17.5. The van der Waals surface area contributed by atoms with Gasteiger partial charge in [-0.15, -0.1) is 11.3 Å². The van der Waals surface area contributed by atoms with Crippen molar-refractivity contribution in [3.05, 3.63) is 34.7 Å². The Kier molecular flexibility index (Phi) is 3.76. The average molecular weight is 288 g/mol. The zero-order valence-electron chi connectivity index (χ0n) is 12.0. The summed E-state index contributed by atoms with van der Waals surface area (Å²) >= 11 is 1.60. The van der Waals surface area contributed by atoms with Gasteiger partial charge in [-0.1, -0.05) is 18.2 Å². The number of carbonyl (C=O) groups excluding carboxylic acids is 1.